The molecule has 0 spiro atoms. The molecular weight excluding hydrogens is 414 g/mol. The van der Waals surface area contributed by atoms with E-state index in [2.05, 4.69) is 25.9 Å². The molecule has 0 N–H and O–H groups in total. The Hall–Kier alpha value is -2.61. The highest BCUT2D eigenvalue weighted by molar-refractivity contribution is 9.10. The van der Waals surface area contributed by atoms with Gasteiger partial charge in [0.15, 0.2) is 11.5 Å². The minimum atomic E-state index is -0.109. The van der Waals surface area contributed by atoms with Crippen molar-refractivity contribution in [2.45, 2.75) is 18.9 Å². The third-order valence-electron chi connectivity index (χ3n) is 4.37. The van der Waals surface area contributed by atoms with Gasteiger partial charge < -0.3 is 19.1 Å². The van der Waals surface area contributed by atoms with Gasteiger partial charge in [-0.05, 0) is 52.5 Å². The molecule has 2 aliphatic rings. The van der Waals surface area contributed by atoms with Gasteiger partial charge >= 0.3 is 6.01 Å². The van der Waals surface area contributed by atoms with Gasteiger partial charge in [-0.15, -0.1) is 0 Å². The number of rotatable bonds is 4. The second-order valence-corrected chi connectivity index (χ2v) is 7.21. The predicted molar refractivity (Wildman–Crippen MR) is 102 cm³/mol. The number of ether oxygens (including phenoxy) is 3. The van der Waals surface area contributed by atoms with E-state index in [9.17, 15) is 4.79 Å². The lowest BCUT2D eigenvalue weighted by atomic mass is 10.1. The van der Waals surface area contributed by atoms with Crippen molar-refractivity contribution in [1.29, 1.82) is 0 Å². The Bertz CT molecular complexity index is 857. The summed E-state index contributed by atoms with van der Waals surface area (Å²) in [5, 5.41) is 0. The molecule has 8 heteroatoms. The number of hydrogen-bond acceptors (Lipinski definition) is 6. The van der Waals surface area contributed by atoms with Crippen LogP contribution in [-0.2, 0) is 4.79 Å². The fourth-order valence-electron chi connectivity index (χ4n) is 3.03. The Morgan fingerprint density at radius 3 is 2.93 bits per heavy atom. The van der Waals surface area contributed by atoms with E-state index in [1.165, 1.54) is 0 Å². The molecule has 1 fully saturated rings. The number of likely N-dealkylation sites (tertiary alicyclic amines) is 1. The fourth-order valence-corrected chi connectivity index (χ4v) is 3.24. The van der Waals surface area contributed by atoms with Gasteiger partial charge in [-0.3, -0.25) is 4.79 Å². The second kappa shape index (κ2) is 7.96. The lowest BCUT2D eigenvalue weighted by Gasteiger charge is -2.31. The first kappa shape index (κ1) is 17.8. The number of carbonyl (C=O) groups excluding carboxylic acids is 1. The molecule has 140 valence electrons. The summed E-state index contributed by atoms with van der Waals surface area (Å²) in [5.74, 6) is 1.38. The van der Waals surface area contributed by atoms with Crippen LogP contribution in [0.2, 0.25) is 0 Å². The second-order valence-electron chi connectivity index (χ2n) is 6.30. The Kier molecular flexibility index (Phi) is 5.24. The summed E-state index contributed by atoms with van der Waals surface area (Å²) in [6.45, 7) is 1.47. The van der Waals surface area contributed by atoms with Crippen molar-refractivity contribution < 1.29 is 19.0 Å². The van der Waals surface area contributed by atoms with Crippen LogP contribution < -0.4 is 14.2 Å². The molecule has 1 unspecified atom stereocenters. The third-order valence-corrected chi connectivity index (χ3v) is 4.78. The van der Waals surface area contributed by atoms with Crippen molar-refractivity contribution in [2.75, 3.05) is 19.9 Å². The van der Waals surface area contributed by atoms with Crippen LogP contribution >= 0.6 is 15.9 Å². The van der Waals surface area contributed by atoms with Crippen molar-refractivity contribution in [2.24, 2.45) is 0 Å². The molecule has 0 bridgehead atoms. The normalized spacial score (nSPS) is 18.7. The van der Waals surface area contributed by atoms with Crippen molar-refractivity contribution >= 4 is 27.9 Å². The molecule has 1 amide bonds. The first-order valence-corrected chi connectivity index (χ1v) is 9.47. The Morgan fingerprint density at radius 2 is 2.07 bits per heavy atom. The van der Waals surface area contributed by atoms with Crippen molar-refractivity contribution in [3.63, 3.8) is 0 Å². The van der Waals surface area contributed by atoms with Gasteiger partial charge in [0.05, 0.1) is 11.0 Å². The summed E-state index contributed by atoms with van der Waals surface area (Å²) in [5.41, 5.74) is 0.890. The number of halogens is 1. The Morgan fingerprint density at radius 1 is 1.26 bits per heavy atom. The van der Waals surface area contributed by atoms with Gasteiger partial charge in [0.1, 0.15) is 6.10 Å². The molecule has 3 heterocycles. The molecule has 1 aromatic carbocycles. The highest BCUT2D eigenvalue weighted by Gasteiger charge is 2.24. The zero-order valence-electron chi connectivity index (χ0n) is 14.5. The summed E-state index contributed by atoms with van der Waals surface area (Å²) >= 11 is 3.30. The lowest BCUT2D eigenvalue weighted by Crippen LogP contribution is -2.43. The molecule has 2 aromatic rings. The highest BCUT2D eigenvalue weighted by Crippen LogP contribution is 2.32. The smallest absolute Gasteiger partial charge is 0.316 e. The van der Waals surface area contributed by atoms with Crippen LogP contribution in [0.4, 0.5) is 0 Å². The minimum absolute atomic E-state index is 0.0438. The van der Waals surface area contributed by atoms with E-state index >= 15 is 0 Å². The number of carbonyl (C=O) groups is 1. The van der Waals surface area contributed by atoms with Crippen LogP contribution in [0.5, 0.6) is 17.5 Å². The van der Waals surface area contributed by atoms with Crippen LogP contribution in [0.25, 0.3) is 6.08 Å². The lowest BCUT2D eigenvalue weighted by molar-refractivity contribution is -0.128. The summed E-state index contributed by atoms with van der Waals surface area (Å²) in [6, 6.07) is 5.92. The van der Waals surface area contributed by atoms with E-state index in [4.69, 9.17) is 14.2 Å². The topological polar surface area (TPSA) is 73.8 Å². The first-order valence-electron chi connectivity index (χ1n) is 8.68. The molecule has 0 radical (unpaired) electrons. The van der Waals surface area contributed by atoms with E-state index in [0.29, 0.717) is 24.8 Å². The predicted octanol–water partition coefficient (Wildman–Crippen LogP) is 3.05. The number of piperidine rings is 1. The average molecular weight is 432 g/mol. The van der Waals surface area contributed by atoms with Crippen LogP contribution in [0.15, 0.2) is 41.1 Å². The molecular formula is C19H18BrN3O4. The third kappa shape index (κ3) is 4.39. The van der Waals surface area contributed by atoms with Gasteiger partial charge in [-0.2, -0.15) is 0 Å². The van der Waals surface area contributed by atoms with E-state index < -0.39 is 0 Å². The Labute approximate surface area is 165 Å². The van der Waals surface area contributed by atoms with Gasteiger partial charge in [0, 0.05) is 25.0 Å². The summed E-state index contributed by atoms with van der Waals surface area (Å²) in [7, 11) is 0. The van der Waals surface area contributed by atoms with Crippen LogP contribution in [-0.4, -0.2) is 46.8 Å². The quantitative estimate of drug-likeness (QED) is 0.692. The average Bonchev–Trinajstić information content (AvgIpc) is 3.16. The summed E-state index contributed by atoms with van der Waals surface area (Å²) in [6.07, 6.45) is 8.29. The van der Waals surface area contributed by atoms with Crippen molar-refractivity contribution in [1.82, 2.24) is 14.9 Å². The molecule has 1 aromatic heterocycles. The number of hydrogen-bond donors (Lipinski definition) is 0. The SMILES string of the molecule is O=C(/C=C/c1ccc2c(c1)OCO2)N1CCCC(Oc2ncc(Br)cn2)C1. The molecule has 27 heavy (non-hydrogen) atoms. The maximum absolute atomic E-state index is 12.5. The van der Waals surface area contributed by atoms with Gasteiger partial charge in [-0.25, -0.2) is 9.97 Å². The van der Waals surface area contributed by atoms with E-state index in [1.807, 2.05) is 18.2 Å². The zero-order chi connectivity index (χ0) is 18.6. The van der Waals surface area contributed by atoms with Gasteiger partial charge in [0.2, 0.25) is 12.7 Å². The standard InChI is InChI=1S/C19H18BrN3O4/c20-14-9-21-19(22-10-14)27-15-2-1-7-23(11-15)18(24)6-4-13-3-5-16-17(8-13)26-12-25-16/h3-6,8-10,15H,1-2,7,11-12H2/b6-4+. The molecule has 1 atom stereocenters. The largest absolute Gasteiger partial charge is 0.458 e. The van der Waals surface area contributed by atoms with E-state index in [0.717, 1.165) is 28.6 Å². The summed E-state index contributed by atoms with van der Waals surface area (Å²) in [4.78, 5) is 22.6. The highest BCUT2D eigenvalue weighted by atomic mass is 79.9. The van der Waals surface area contributed by atoms with Gasteiger partial charge in [0.25, 0.3) is 0 Å². The zero-order valence-corrected chi connectivity index (χ0v) is 16.1. The van der Waals surface area contributed by atoms with Crippen molar-refractivity contribution in [3.05, 3.63) is 46.7 Å². The van der Waals surface area contributed by atoms with E-state index in [1.54, 1.807) is 29.4 Å². The minimum Gasteiger partial charge on any atom is -0.458 e. The number of aromatic nitrogens is 2. The van der Waals surface area contributed by atoms with Gasteiger partial charge in [-0.1, -0.05) is 6.07 Å². The molecule has 1 saturated heterocycles. The number of amides is 1. The number of benzene rings is 1. The van der Waals surface area contributed by atoms with Crippen molar-refractivity contribution in [3.8, 4) is 17.5 Å². The maximum Gasteiger partial charge on any atom is 0.316 e. The molecule has 0 aliphatic carbocycles. The molecule has 4 rings (SSSR count). The monoisotopic (exact) mass is 431 g/mol. The fraction of sp³-hybridized carbons (Fsp3) is 0.316. The molecule has 2 aliphatic heterocycles. The van der Waals surface area contributed by atoms with Crippen LogP contribution in [0.1, 0.15) is 18.4 Å². The number of fused-ring (bicyclic) bond motifs is 1. The Balaban J connectivity index is 1.36. The molecule has 0 saturated carbocycles. The summed E-state index contributed by atoms with van der Waals surface area (Å²) < 4.78 is 17.3. The maximum atomic E-state index is 12.5. The first-order chi connectivity index (χ1) is 13.2. The number of nitrogens with zero attached hydrogens (tertiary/aromatic N) is 3. The van der Waals surface area contributed by atoms with E-state index in [-0.39, 0.29) is 18.8 Å². The molecule has 7 nitrogen and oxygen atoms in total. The van der Waals surface area contributed by atoms with Crippen LogP contribution in [0.3, 0.4) is 0 Å². The van der Waals surface area contributed by atoms with Crippen LogP contribution in [0, 0.1) is 0 Å².